The van der Waals surface area contributed by atoms with Crippen molar-refractivity contribution in [2.24, 2.45) is 17.8 Å². The van der Waals surface area contributed by atoms with Crippen molar-refractivity contribution in [3.63, 3.8) is 0 Å². The van der Waals surface area contributed by atoms with Gasteiger partial charge in [0.25, 0.3) is 0 Å². The molecule has 0 aromatic carbocycles. The Morgan fingerprint density at radius 3 is 2.92 bits per heavy atom. The van der Waals surface area contributed by atoms with Crippen LogP contribution in [0.15, 0.2) is 12.7 Å². The fraction of sp³-hybridized carbons (Fsp3) is 0.667. The summed E-state index contributed by atoms with van der Waals surface area (Å²) in [7, 11) is 0. The van der Waals surface area contributed by atoms with Crippen molar-refractivity contribution >= 4 is 18.2 Å². The van der Waals surface area contributed by atoms with E-state index in [0.29, 0.717) is 23.7 Å². The molecule has 0 aromatic rings. The van der Waals surface area contributed by atoms with E-state index in [1.165, 1.54) is 0 Å². The minimum absolute atomic E-state index is 0. The molecular weight excluding hydrogens is 172 g/mol. The molecule has 68 valence electrons. The van der Waals surface area contributed by atoms with E-state index < -0.39 is 0 Å². The minimum atomic E-state index is 0. The molecule has 1 aliphatic carbocycles. The van der Waals surface area contributed by atoms with E-state index in [1.807, 2.05) is 6.08 Å². The summed E-state index contributed by atoms with van der Waals surface area (Å²) in [6, 6.07) is 0.545. The van der Waals surface area contributed by atoms with Crippen LogP contribution in [0.4, 0.5) is 0 Å². The Balaban J connectivity index is 0.000000720. The lowest BCUT2D eigenvalue weighted by atomic mass is 9.97. The predicted octanol–water partition coefficient (Wildman–Crippen LogP) is 1.82. The summed E-state index contributed by atoms with van der Waals surface area (Å²) in [6.45, 7) is 6.03. The van der Waals surface area contributed by atoms with Gasteiger partial charge in [0.2, 0.25) is 0 Å². The highest BCUT2D eigenvalue weighted by Gasteiger charge is 2.53. The van der Waals surface area contributed by atoms with E-state index in [2.05, 4.69) is 18.8 Å². The molecule has 3 heteroatoms. The van der Waals surface area contributed by atoms with Crippen LogP contribution >= 0.6 is 12.4 Å². The molecule has 2 N–H and O–H groups in total. The Labute approximate surface area is 79.3 Å². The number of amidine groups is 1. The van der Waals surface area contributed by atoms with Gasteiger partial charge in [-0.3, -0.25) is 5.41 Å². The van der Waals surface area contributed by atoms with Crippen molar-refractivity contribution in [2.45, 2.75) is 19.4 Å². The first kappa shape index (κ1) is 9.59. The van der Waals surface area contributed by atoms with E-state index in [-0.39, 0.29) is 12.4 Å². The fourth-order valence-corrected chi connectivity index (χ4v) is 2.31. The molecule has 4 atom stereocenters. The van der Waals surface area contributed by atoms with Crippen LogP contribution in [-0.4, -0.2) is 11.9 Å². The van der Waals surface area contributed by atoms with E-state index >= 15 is 0 Å². The van der Waals surface area contributed by atoms with E-state index in [0.717, 1.165) is 12.3 Å². The quantitative estimate of drug-likeness (QED) is 0.603. The van der Waals surface area contributed by atoms with Gasteiger partial charge in [0.1, 0.15) is 0 Å². The molecular formula is C9H15ClN2. The second kappa shape index (κ2) is 3.09. The summed E-state index contributed by atoms with van der Waals surface area (Å²) in [5, 5.41) is 10.7. The van der Waals surface area contributed by atoms with Gasteiger partial charge >= 0.3 is 0 Å². The molecule has 1 saturated carbocycles. The Hall–Kier alpha value is -0.500. The number of nitrogens with one attached hydrogen (secondary N) is 2. The van der Waals surface area contributed by atoms with Crippen LogP contribution < -0.4 is 5.32 Å². The first-order valence-electron chi connectivity index (χ1n) is 4.20. The lowest BCUT2D eigenvalue weighted by molar-refractivity contribution is 0.466. The standard InChI is InChI=1S/C9H14N2.ClH/c1-3-6-8-5(2)4-7(10)11-9(6)8;/h3,5-6,8-9H,1,4H2,2H3,(H2,10,11);1H/t5?,6?,8-,9-;/m1./s1. The van der Waals surface area contributed by atoms with E-state index in [1.54, 1.807) is 0 Å². The van der Waals surface area contributed by atoms with Crippen LogP contribution in [0, 0.1) is 23.2 Å². The maximum Gasteiger partial charge on any atom is 0.0936 e. The predicted molar refractivity (Wildman–Crippen MR) is 52.9 cm³/mol. The lowest BCUT2D eigenvalue weighted by Gasteiger charge is -2.18. The molecule has 2 nitrogen and oxygen atoms in total. The highest BCUT2D eigenvalue weighted by atomic mass is 35.5. The SMILES string of the molecule is C=CC1[C@H]2C(C)CC(=N)N[C@H]12.Cl. The third kappa shape index (κ3) is 1.24. The first-order valence-corrected chi connectivity index (χ1v) is 4.20. The molecule has 2 fully saturated rings. The molecule has 0 bridgehead atoms. The lowest BCUT2D eigenvalue weighted by Crippen LogP contribution is -2.33. The Morgan fingerprint density at radius 1 is 1.67 bits per heavy atom. The molecule has 2 rings (SSSR count). The Morgan fingerprint density at radius 2 is 2.33 bits per heavy atom. The van der Waals surface area contributed by atoms with E-state index in [9.17, 15) is 0 Å². The van der Waals surface area contributed by atoms with Crippen LogP contribution in [0.2, 0.25) is 0 Å². The van der Waals surface area contributed by atoms with Gasteiger partial charge in [0, 0.05) is 18.4 Å². The third-order valence-corrected chi connectivity index (χ3v) is 2.93. The van der Waals surface area contributed by atoms with Crippen molar-refractivity contribution in [2.75, 3.05) is 0 Å². The second-order valence-electron chi connectivity index (χ2n) is 3.72. The first-order chi connectivity index (χ1) is 5.24. The van der Waals surface area contributed by atoms with Crippen molar-refractivity contribution in [3.05, 3.63) is 12.7 Å². The highest BCUT2D eigenvalue weighted by molar-refractivity contribution is 5.85. The largest absolute Gasteiger partial charge is 0.370 e. The van der Waals surface area contributed by atoms with Crippen molar-refractivity contribution in [1.82, 2.24) is 5.32 Å². The topological polar surface area (TPSA) is 35.9 Å². The average molecular weight is 187 g/mol. The summed E-state index contributed by atoms with van der Waals surface area (Å²) in [5.74, 6) is 2.79. The molecule has 0 spiro atoms. The molecule has 1 heterocycles. The summed E-state index contributed by atoms with van der Waals surface area (Å²) in [6.07, 6.45) is 2.95. The van der Waals surface area contributed by atoms with Crippen molar-refractivity contribution in [3.8, 4) is 0 Å². The van der Waals surface area contributed by atoms with E-state index in [4.69, 9.17) is 5.41 Å². The van der Waals surface area contributed by atoms with Gasteiger partial charge in [-0.15, -0.1) is 19.0 Å². The van der Waals surface area contributed by atoms with Gasteiger partial charge in [-0.1, -0.05) is 13.0 Å². The third-order valence-electron chi connectivity index (χ3n) is 2.93. The van der Waals surface area contributed by atoms with Gasteiger partial charge in [-0.05, 0) is 11.8 Å². The zero-order chi connectivity index (χ0) is 8.01. The molecule has 0 aromatic heterocycles. The van der Waals surface area contributed by atoms with Crippen LogP contribution in [0.3, 0.4) is 0 Å². The van der Waals surface area contributed by atoms with Gasteiger partial charge in [0.15, 0.2) is 0 Å². The summed E-state index contributed by atoms with van der Waals surface area (Å²) in [4.78, 5) is 0. The number of hydrogen-bond acceptors (Lipinski definition) is 1. The highest BCUT2D eigenvalue weighted by Crippen LogP contribution is 2.48. The minimum Gasteiger partial charge on any atom is -0.370 e. The fourth-order valence-electron chi connectivity index (χ4n) is 2.31. The smallest absolute Gasteiger partial charge is 0.0936 e. The summed E-state index contributed by atoms with van der Waals surface area (Å²) >= 11 is 0. The van der Waals surface area contributed by atoms with Crippen LogP contribution in [0.25, 0.3) is 0 Å². The monoisotopic (exact) mass is 186 g/mol. The zero-order valence-electron chi connectivity index (χ0n) is 7.21. The molecule has 2 aliphatic rings. The zero-order valence-corrected chi connectivity index (χ0v) is 8.03. The molecule has 12 heavy (non-hydrogen) atoms. The number of rotatable bonds is 1. The number of halogens is 1. The van der Waals surface area contributed by atoms with Crippen LogP contribution in [-0.2, 0) is 0 Å². The molecule has 2 unspecified atom stereocenters. The van der Waals surface area contributed by atoms with Gasteiger partial charge in [-0.2, -0.15) is 0 Å². The van der Waals surface area contributed by atoms with Crippen molar-refractivity contribution < 1.29 is 0 Å². The maximum atomic E-state index is 7.50. The average Bonchev–Trinajstić information content (AvgIpc) is 2.61. The Bertz CT molecular complexity index is 215. The summed E-state index contributed by atoms with van der Waals surface area (Å²) in [5.41, 5.74) is 0. The molecule has 1 aliphatic heterocycles. The van der Waals surface area contributed by atoms with Gasteiger partial charge in [-0.25, -0.2) is 0 Å². The van der Waals surface area contributed by atoms with Crippen molar-refractivity contribution in [1.29, 1.82) is 5.41 Å². The number of fused-ring (bicyclic) bond motifs is 1. The molecule has 0 amide bonds. The van der Waals surface area contributed by atoms with Crippen LogP contribution in [0.1, 0.15) is 13.3 Å². The second-order valence-corrected chi connectivity index (χ2v) is 3.72. The maximum absolute atomic E-state index is 7.50. The molecule has 1 saturated heterocycles. The number of piperidine rings is 1. The van der Waals surface area contributed by atoms with Crippen LogP contribution in [0.5, 0.6) is 0 Å². The van der Waals surface area contributed by atoms with Gasteiger partial charge < -0.3 is 5.32 Å². The Kier molecular flexibility index (Phi) is 2.47. The molecule has 0 radical (unpaired) electrons. The normalized spacial score (nSPS) is 43.6. The summed E-state index contributed by atoms with van der Waals surface area (Å²) < 4.78 is 0. The van der Waals surface area contributed by atoms with Gasteiger partial charge in [0.05, 0.1) is 5.84 Å². The number of hydrogen-bond donors (Lipinski definition) is 2.